The number of aliphatic hydroxyl groups excluding tert-OH is 1. The van der Waals surface area contributed by atoms with E-state index in [4.69, 9.17) is 23.7 Å². The molecule has 3 aliphatic heterocycles. The number of carbonyl (C=O) groups excluding carboxylic acids is 5. The van der Waals surface area contributed by atoms with Crippen molar-refractivity contribution in [1.29, 1.82) is 0 Å². The number of aliphatic hydroxyl groups is 1. The van der Waals surface area contributed by atoms with Crippen molar-refractivity contribution in [3.63, 3.8) is 0 Å². The summed E-state index contributed by atoms with van der Waals surface area (Å²) in [5.41, 5.74) is -2.32. The van der Waals surface area contributed by atoms with Crippen LogP contribution in [0, 0.1) is 23.7 Å². The zero-order chi connectivity index (χ0) is 38.7. The predicted molar refractivity (Wildman–Crippen MR) is 189 cm³/mol. The van der Waals surface area contributed by atoms with Crippen LogP contribution in [0.3, 0.4) is 0 Å². The number of nitrogens with one attached hydrogen (secondary N) is 2. The van der Waals surface area contributed by atoms with Crippen LogP contribution < -0.4 is 10.6 Å². The number of fused-ring (bicyclic) bond motifs is 1. The number of benzene rings is 1. The Morgan fingerprint density at radius 1 is 1.02 bits per heavy atom. The number of hydrogen-bond donors (Lipinski definition) is 3. The van der Waals surface area contributed by atoms with E-state index in [1.165, 1.54) is 6.92 Å². The fraction of sp³-hybridized carbons (Fsp3) is 0.711. The molecule has 14 nitrogen and oxygen atoms in total. The van der Waals surface area contributed by atoms with E-state index in [9.17, 15) is 29.1 Å². The lowest BCUT2D eigenvalue weighted by atomic mass is 9.73. The first kappa shape index (κ1) is 41.2. The summed E-state index contributed by atoms with van der Waals surface area (Å²) in [6, 6.07) is 7.95. The average molecular weight is 732 g/mol. The van der Waals surface area contributed by atoms with Crippen molar-refractivity contribution in [2.75, 3.05) is 14.1 Å². The summed E-state index contributed by atoms with van der Waals surface area (Å²) in [5, 5.41) is 17.0. The van der Waals surface area contributed by atoms with Crippen LogP contribution in [0.4, 0.5) is 9.59 Å². The van der Waals surface area contributed by atoms with Gasteiger partial charge in [-0.1, -0.05) is 58.0 Å². The molecule has 3 aliphatic rings. The van der Waals surface area contributed by atoms with E-state index in [1.54, 1.807) is 41.5 Å². The van der Waals surface area contributed by atoms with E-state index in [-0.39, 0.29) is 37.3 Å². The van der Waals surface area contributed by atoms with E-state index in [2.05, 4.69) is 10.6 Å². The first-order chi connectivity index (χ1) is 24.3. The number of rotatable bonds is 7. The number of Topliss-reactive ketones (excluding diaryl/α,β-unsaturated/α-hetero) is 2. The quantitative estimate of drug-likeness (QED) is 0.211. The third-order valence-corrected chi connectivity index (χ3v) is 11.1. The van der Waals surface area contributed by atoms with Crippen LogP contribution in [0.2, 0.25) is 0 Å². The molecule has 0 bridgehead atoms. The highest BCUT2D eigenvalue weighted by Gasteiger charge is 2.57. The standard InChI is InChI=1S/C38H57N3O11/c1-11-27-38(8)31(40-36(47)52-38)22(4)28(42)20(2)18-37(7,51-35(46)39-19-25-15-13-12-14-16-25)32(23(5)29(43)24(6)33(45)49-27)50-34-30(44)26(41(9)10)17-21(3)48-34/h12-16,20-24,26-27,30-32,34,44H,11,17-19H2,1-10H3,(H,39,46)(H,40,47)/t20-,21-,22+,23+,24?,26+,27-,30-,31-,32-,34+,37-,38-/m1/s1. The Balaban J connectivity index is 1.81. The van der Waals surface area contributed by atoms with Gasteiger partial charge in [-0.25, -0.2) is 9.59 Å². The first-order valence-corrected chi connectivity index (χ1v) is 18.3. The maximum absolute atomic E-state index is 14.3. The largest absolute Gasteiger partial charge is 0.458 e. The predicted octanol–water partition coefficient (Wildman–Crippen LogP) is 3.76. The van der Waals surface area contributed by atoms with Crippen LogP contribution >= 0.6 is 0 Å². The number of nitrogens with zero attached hydrogens (tertiary/aromatic N) is 1. The molecule has 0 radical (unpaired) electrons. The molecule has 13 atom stereocenters. The molecule has 2 amide bonds. The molecule has 14 heteroatoms. The minimum Gasteiger partial charge on any atom is -0.458 e. The Kier molecular flexibility index (Phi) is 13.2. The molecular weight excluding hydrogens is 674 g/mol. The van der Waals surface area contributed by atoms with Crippen LogP contribution in [0.5, 0.6) is 0 Å². The van der Waals surface area contributed by atoms with Crippen LogP contribution in [-0.2, 0) is 44.6 Å². The number of ether oxygens (including phenoxy) is 5. The molecule has 1 aromatic carbocycles. The van der Waals surface area contributed by atoms with Crippen LogP contribution in [0.1, 0.15) is 80.2 Å². The number of cyclic esters (lactones) is 1. The maximum atomic E-state index is 14.3. The Bertz CT molecular complexity index is 1460. The number of amides is 2. The zero-order valence-corrected chi connectivity index (χ0v) is 32.0. The average Bonchev–Trinajstić information content (AvgIpc) is 3.41. The molecule has 3 N–H and O–H groups in total. The summed E-state index contributed by atoms with van der Waals surface area (Å²) in [4.78, 5) is 70.5. The van der Waals surface area contributed by atoms with Crippen LogP contribution in [0.25, 0.3) is 0 Å². The van der Waals surface area contributed by atoms with Gasteiger partial charge in [-0.05, 0) is 66.6 Å². The number of alkyl carbamates (subject to hydrolysis) is 2. The van der Waals surface area contributed by atoms with Crippen LogP contribution in [0.15, 0.2) is 30.3 Å². The fourth-order valence-corrected chi connectivity index (χ4v) is 8.10. The van der Waals surface area contributed by atoms with Crippen molar-refractivity contribution in [2.45, 2.75) is 135 Å². The van der Waals surface area contributed by atoms with Gasteiger partial charge in [0.2, 0.25) is 0 Å². The molecule has 1 aromatic rings. The molecule has 1 unspecified atom stereocenters. The monoisotopic (exact) mass is 731 g/mol. The number of hydrogen-bond acceptors (Lipinski definition) is 12. The Hall–Kier alpha value is -3.59. The van der Waals surface area contributed by atoms with Gasteiger partial charge in [0.05, 0.1) is 12.1 Å². The van der Waals surface area contributed by atoms with Gasteiger partial charge in [0.25, 0.3) is 0 Å². The van der Waals surface area contributed by atoms with E-state index >= 15 is 0 Å². The molecule has 290 valence electrons. The number of likely N-dealkylation sites (N-methyl/N-ethyl adjacent to an activating group) is 1. The molecule has 3 heterocycles. The van der Waals surface area contributed by atoms with Gasteiger partial charge >= 0.3 is 18.2 Å². The summed E-state index contributed by atoms with van der Waals surface area (Å²) < 4.78 is 30.5. The van der Waals surface area contributed by atoms with Gasteiger partial charge in [0.1, 0.15) is 35.6 Å². The zero-order valence-electron chi connectivity index (χ0n) is 32.0. The van der Waals surface area contributed by atoms with Crippen molar-refractivity contribution in [1.82, 2.24) is 15.5 Å². The van der Waals surface area contributed by atoms with Crippen LogP contribution in [-0.4, -0.2) is 108 Å². The Labute approximate surface area is 306 Å². The molecular formula is C38H57N3O11. The van der Waals surface area contributed by atoms with E-state index in [0.29, 0.717) is 6.42 Å². The molecule has 0 spiro atoms. The van der Waals surface area contributed by atoms with Gasteiger partial charge in [0.15, 0.2) is 17.7 Å². The number of esters is 1. The van der Waals surface area contributed by atoms with Gasteiger partial charge in [-0.15, -0.1) is 0 Å². The SMILES string of the molecule is CC[C@H]1OC(=O)C(C)C(=O)[C@H](C)[C@@H](O[C@@H]2O[C@H](C)C[C@H](N(C)C)[C@H]2O)[C@](C)(OC(=O)NCc2ccccc2)C[C@@H](C)C(=O)[C@H](C)[C@H]2NC(=O)O[C@@]21C. The smallest absolute Gasteiger partial charge is 0.408 e. The van der Waals surface area contributed by atoms with Gasteiger partial charge in [0, 0.05) is 30.3 Å². The fourth-order valence-electron chi connectivity index (χ4n) is 8.10. The highest BCUT2D eigenvalue weighted by Crippen LogP contribution is 2.40. The summed E-state index contributed by atoms with van der Waals surface area (Å²) in [5.74, 6) is -5.83. The summed E-state index contributed by atoms with van der Waals surface area (Å²) in [6.45, 7) is 13.2. The van der Waals surface area contributed by atoms with Crippen molar-refractivity contribution in [3.05, 3.63) is 35.9 Å². The lowest BCUT2D eigenvalue weighted by Gasteiger charge is -2.47. The minimum absolute atomic E-state index is 0.124. The third kappa shape index (κ3) is 8.78. The number of ketones is 2. The second-order valence-corrected chi connectivity index (χ2v) is 15.4. The molecule has 52 heavy (non-hydrogen) atoms. The van der Waals surface area contributed by atoms with E-state index in [1.807, 2.05) is 56.3 Å². The molecule has 4 rings (SSSR count). The van der Waals surface area contributed by atoms with Gasteiger partial charge in [-0.2, -0.15) is 0 Å². The lowest BCUT2D eigenvalue weighted by molar-refractivity contribution is -0.292. The summed E-state index contributed by atoms with van der Waals surface area (Å²) >= 11 is 0. The van der Waals surface area contributed by atoms with Crippen molar-refractivity contribution < 1.29 is 52.8 Å². The van der Waals surface area contributed by atoms with Gasteiger partial charge < -0.3 is 44.3 Å². The normalized spacial score (nSPS) is 39.1. The molecule has 0 aromatic heterocycles. The highest BCUT2D eigenvalue weighted by molar-refractivity contribution is 6.00. The van der Waals surface area contributed by atoms with E-state index < -0.39 is 89.5 Å². The first-order valence-electron chi connectivity index (χ1n) is 18.3. The molecule has 0 saturated carbocycles. The molecule has 3 saturated heterocycles. The maximum Gasteiger partial charge on any atom is 0.408 e. The Morgan fingerprint density at radius 3 is 2.29 bits per heavy atom. The van der Waals surface area contributed by atoms with E-state index in [0.717, 1.165) is 5.56 Å². The minimum atomic E-state index is -1.71. The summed E-state index contributed by atoms with van der Waals surface area (Å²) in [7, 11) is 3.66. The summed E-state index contributed by atoms with van der Waals surface area (Å²) in [6.07, 6.45) is -6.03. The van der Waals surface area contributed by atoms with Crippen molar-refractivity contribution in [2.24, 2.45) is 23.7 Å². The highest BCUT2D eigenvalue weighted by atomic mass is 16.7. The molecule has 0 aliphatic carbocycles. The second kappa shape index (κ2) is 16.6. The second-order valence-electron chi connectivity index (χ2n) is 15.4. The lowest BCUT2D eigenvalue weighted by Crippen LogP contribution is -2.60. The Morgan fingerprint density at radius 2 is 1.67 bits per heavy atom. The van der Waals surface area contributed by atoms with Gasteiger partial charge in [-0.3, -0.25) is 14.4 Å². The third-order valence-electron chi connectivity index (χ3n) is 11.1. The molecule has 3 fully saturated rings. The van der Waals surface area contributed by atoms with Crippen molar-refractivity contribution >= 4 is 29.7 Å². The number of carbonyl (C=O) groups is 5. The topological polar surface area (TPSA) is 179 Å². The van der Waals surface area contributed by atoms with Crippen molar-refractivity contribution in [3.8, 4) is 0 Å².